The molecular weight excluding hydrogens is 298 g/mol. The summed E-state index contributed by atoms with van der Waals surface area (Å²) in [6.07, 6.45) is 3.59. The van der Waals surface area contributed by atoms with Gasteiger partial charge in [0, 0.05) is 25.5 Å². The molecule has 1 aromatic heterocycles. The smallest absolute Gasteiger partial charge is 0.241 e. The van der Waals surface area contributed by atoms with Crippen LogP contribution in [0.5, 0.6) is 0 Å². The van der Waals surface area contributed by atoms with E-state index in [0.717, 1.165) is 16.7 Å². The Morgan fingerprint density at radius 2 is 1.86 bits per heavy atom. The molecule has 1 unspecified atom stereocenters. The van der Waals surface area contributed by atoms with Crippen molar-refractivity contribution in [3.8, 4) is 0 Å². The third kappa shape index (κ3) is 3.96. The fraction of sp³-hybridized carbons (Fsp3) is 0.438. The van der Waals surface area contributed by atoms with Crippen molar-refractivity contribution < 1.29 is 8.42 Å². The van der Waals surface area contributed by atoms with Crippen LogP contribution in [0.2, 0.25) is 0 Å². The zero-order chi connectivity index (χ0) is 16.3. The van der Waals surface area contributed by atoms with Crippen molar-refractivity contribution in [3.05, 3.63) is 47.3 Å². The minimum absolute atomic E-state index is 0.153. The quantitative estimate of drug-likeness (QED) is 0.888. The molecule has 6 heteroatoms. The minimum Gasteiger partial charge on any atom is -0.272 e. The molecule has 2 rings (SSSR count). The molecule has 22 heavy (non-hydrogen) atoms. The molecule has 1 atom stereocenters. The van der Waals surface area contributed by atoms with Crippen LogP contribution in [-0.4, -0.2) is 24.7 Å². The molecule has 0 radical (unpaired) electrons. The average molecular weight is 321 g/mol. The second-order valence-corrected chi connectivity index (χ2v) is 7.62. The Bertz CT molecular complexity index is 714. The fourth-order valence-electron chi connectivity index (χ4n) is 2.71. The van der Waals surface area contributed by atoms with Gasteiger partial charge < -0.3 is 0 Å². The van der Waals surface area contributed by atoms with Gasteiger partial charge in [0.25, 0.3) is 0 Å². The summed E-state index contributed by atoms with van der Waals surface area (Å²) in [7, 11) is -3.49. The lowest BCUT2D eigenvalue weighted by molar-refractivity contribution is 0.443. The summed E-state index contributed by atoms with van der Waals surface area (Å²) >= 11 is 0. The highest BCUT2D eigenvalue weighted by atomic mass is 32.2. The topological polar surface area (TPSA) is 64.0 Å². The monoisotopic (exact) mass is 321 g/mol. The lowest BCUT2D eigenvalue weighted by Gasteiger charge is -2.16. The largest absolute Gasteiger partial charge is 0.272 e. The fourth-order valence-corrected chi connectivity index (χ4v) is 4.32. The van der Waals surface area contributed by atoms with E-state index in [-0.39, 0.29) is 5.92 Å². The summed E-state index contributed by atoms with van der Waals surface area (Å²) in [5.74, 6) is 0.153. The summed E-state index contributed by atoms with van der Waals surface area (Å²) < 4.78 is 29.6. The maximum atomic E-state index is 12.6. The van der Waals surface area contributed by atoms with Gasteiger partial charge in [0.15, 0.2) is 0 Å². The Balaban J connectivity index is 2.08. The SMILES string of the molecule is Cc1cc(C)c(S(=O)(=O)NCC(C)Cn2cccn2)c(C)c1. The van der Waals surface area contributed by atoms with Crippen LogP contribution in [0.1, 0.15) is 23.6 Å². The lowest BCUT2D eigenvalue weighted by atomic mass is 10.1. The Morgan fingerprint density at radius 3 is 2.41 bits per heavy atom. The van der Waals surface area contributed by atoms with Gasteiger partial charge in [0.05, 0.1) is 4.90 Å². The molecule has 0 bridgehead atoms. The average Bonchev–Trinajstić information content (AvgIpc) is 2.87. The van der Waals surface area contributed by atoms with Crippen molar-refractivity contribution in [2.24, 2.45) is 5.92 Å². The predicted octanol–water partition coefficient (Wildman–Crippen LogP) is 2.42. The number of aryl methyl sites for hydroxylation is 3. The molecule has 1 heterocycles. The number of benzene rings is 1. The highest BCUT2D eigenvalue weighted by Gasteiger charge is 2.20. The Morgan fingerprint density at radius 1 is 1.23 bits per heavy atom. The van der Waals surface area contributed by atoms with E-state index < -0.39 is 10.0 Å². The molecule has 0 spiro atoms. The van der Waals surface area contributed by atoms with E-state index in [4.69, 9.17) is 0 Å². The number of hydrogen-bond acceptors (Lipinski definition) is 3. The van der Waals surface area contributed by atoms with E-state index in [2.05, 4.69) is 9.82 Å². The second-order valence-electron chi connectivity index (χ2n) is 5.91. The maximum Gasteiger partial charge on any atom is 0.241 e. The molecular formula is C16H23N3O2S. The van der Waals surface area contributed by atoms with E-state index in [1.165, 1.54) is 0 Å². The minimum atomic E-state index is -3.49. The molecule has 1 aromatic carbocycles. The van der Waals surface area contributed by atoms with Crippen LogP contribution < -0.4 is 4.72 Å². The highest BCUT2D eigenvalue weighted by Crippen LogP contribution is 2.21. The molecule has 5 nitrogen and oxygen atoms in total. The van der Waals surface area contributed by atoms with Crippen LogP contribution in [0.15, 0.2) is 35.5 Å². The Hall–Kier alpha value is -1.66. The van der Waals surface area contributed by atoms with Crippen LogP contribution in [0, 0.1) is 26.7 Å². The zero-order valence-corrected chi connectivity index (χ0v) is 14.3. The molecule has 1 N–H and O–H groups in total. The summed E-state index contributed by atoms with van der Waals surface area (Å²) in [5.41, 5.74) is 2.63. The predicted molar refractivity (Wildman–Crippen MR) is 87.2 cm³/mol. The van der Waals surface area contributed by atoms with E-state index in [1.807, 2.05) is 52.1 Å². The molecule has 0 saturated carbocycles. The van der Waals surface area contributed by atoms with Crippen LogP contribution >= 0.6 is 0 Å². The molecule has 2 aromatic rings. The van der Waals surface area contributed by atoms with E-state index >= 15 is 0 Å². The number of nitrogens with zero attached hydrogens (tertiary/aromatic N) is 2. The normalized spacial score (nSPS) is 13.3. The van der Waals surface area contributed by atoms with Gasteiger partial charge in [-0.1, -0.05) is 24.6 Å². The molecule has 0 aliphatic rings. The van der Waals surface area contributed by atoms with Crippen molar-refractivity contribution in [2.45, 2.75) is 39.1 Å². The molecule has 0 saturated heterocycles. The first-order valence-corrected chi connectivity index (χ1v) is 8.83. The van der Waals surface area contributed by atoms with Gasteiger partial charge in [-0.15, -0.1) is 0 Å². The zero-order valence-electron chi connectivity index (χ0n) is 13.5. The van der Waals surface area contributed by atoms with E-state index in [9.17, 15) is 8.42 Å². The maximum absolute atomic E-state index is 12.6. The van der Waals surface area contributed by atoms with Gasteiger partial charge in [-0.25, -0.2) is 13.1 Å². The van der Waals surface area contributed by atoms with Crippen LogP contribution in [0.4, 0.5) is 0 Å². The first kappa shape index (κ1) is 16.7. The summed E-state index contributed by atoms with van der Waals surface area (Å²) in [6, 6.07) is 5.65. The standard InChI is InChI=1S/C16H23N3O2S/c1-12-8-14(3)16(15(4)9-12)22(20,21)18-10-13(2)11-19-7-5-6-17-19/h5-9,13,18H,10-11H2,1-4H3. The summed E-state index contributed by atoms with van der Waals surface area (Å²) in [4.78, 5) is 0.393. The number of sulfonamides is 1. The number of nitrogens with one attached hydrogen (secondary N) is 1. The first-order valence-electron chi connectivity index (χ1n) is 7.34. The molecule has 0 aliphatic carbocycles. The van der Waals surface area contributed by atoms with Crippen molar-refractivity contribution in [3.63, 3.8) is 0 Å². The molecule has 0 aliphatic heterocycles. The van der Waals surface area contributed by atoms with Crippen molar-refractivity contribution >= 4 is 10.0 Å². The van der Waals surface area contributed by atoms with Crippen molar-refractivity contribution in [1.29, 1.82) is 0 Å². The number of aromatic nitrogens is 2. The molecule has 0 amide bonds. The number of rotatable bonds is 6. The van der Waals surface area contributed by atoms with Crippen LogP contribution in [0.3, 0.4) is 0 Å². The summed E-state index contributed by atoms with van der Waals surface area (Å²) in [5, 5.41) is 4.14. The molecule has 0 fully saturated rings. The Labute approximate surface area is 132 Å². The summed E-state index contributed by atoms with van der Waals surface area (Å²) in [6.45, 7) is 8.70. The van der Waals surface area contributed by atoms with Gasteiger partial charge in [-0.3, -0.25) is 4.68 Å². The van der Waals surface area contributed by atoms with Crippen molar-refractivity contribution in [2.75, 3.05) is 6.54 Å². The van der Waals surface area contributed by atoms with E-state index in [1.54, 1.807) is 10.9 Å². The first-order chi connectivity index (χ1) is 10.3. The lowest BCUT2D eigenvalue weighted by Crippen LogP contribution is -2.31. The van der Waals surface area contributed by atoms with Crippen LogP contribution in [-0.2, 0) is 16.6 Å². The highest BCUT2D eigenvalue weighted by molar-refractivity contribution is 7.89. The number of hydrogen-bond donors (Lipinski definition) is 1. The van der Waals surface area contributed by atoms with E-state index in [0.29, 0.717) is 18.0 Å². The Kier molecular flexibility index (Phi) is 5.03. The third-order valence-corrected chi connectivity index (χ3v) is 5.28. The molecule has 120 valence electrons. The van der Waals surface area contributed by atoms with Gasteiger partial charge in [0.2, 0.25) is 10.0 Å². The van der Waals surface area contributed by atoms with Gasteiger partial charge in [-0.05, 0) is 43.9 Å². The second kappa shape index (κ2) is 6.62. The van der Waals surface area contributed by atoms with Gasteiger partial charge in [-0.2, -0.15) is 5.10 Å². The van der Waals surface area contributed by atoms with Gasteiger partial charge in [0.1, 0.15) is 0 Å². The van der Waals surface area contributed by atoms with Gasteiger partial charge >= 0.3 is 0 Å². The third-order valence-electron chi connectivity index (χ3n) is 3.55. The van der Waals surface area contributed by atoms with Crippen LogP contribution in [0.25, 0.3) is 0 Å². The van der Waals surface area contributed by atoms with Crippen molar-refractivity contribution in [1.82, 2.24) is 14.5 Å².